The zero-order chi connectivity index (χ0) is 12.8. The highest BCUT2D eigenvalue weighted by molar-refractivity contribution is 5.81. The highest BCUT2D eigenvalue weighted by Crippen LogP contribution is 2.17. The van der Waals surface area contributed by atoms with Crippen molar-refractivity contribution in [2.75, 3.05) is 14.2 Å². The minimum Gasteiger partial charge on any atom is -0.495 e. The van der Waals surface area contributed by atoms with Crippen molar-refractivity contribution in [1.82, 2.24) is 9.97 Å². The Bertz CT molecular complexity index is 538. The summed E-state index contributed by atoms with van der Waals surface area (Å²) in [5, 5.41) is 0. The minimum absolute atomic E-state index is 0.579. The zero-order valence-electron chi connectivity index (χ0n) is 10.2. The van der Waals surface area contributed by atoms with E-state index in [-0.39, 0.29) is 0 Å². The number of hydrogen-bond donors (Lipinski definition) is 0. The SMILES string of the molecule is COc1cncc(/N=C/c2ccc(OC)nc2)c1. The number of aromatic nitrogens is 2. The summed E-state index contributed by atoms with van der Waals surface area (Å²) in [4.78, 5) is 12.4. The molecule has 0 aromatic carbocycles. The molecule has 0 aliphatic heterocycles. The van der Waals surface area contributed by atoms with E-state index in [4.69, 9.17) is 9.47 Å². The number of nitrogens with zero attached hydrogens (tertiary/aromatic N) is 3. The molecule has 0 radical (unpaired) electrons. The van der Waals surface area contributed by atoms with E-state index in [1.54, 1.807) is 51.2 Å². The van der Waals surface area contributed by atoms with Gasteiger partial charge in [-0.1, -0.05) is 0 Å². The van der Waals surface area contributed by atoms with Crippen LogP contribution in [0.5, 0.6) is 11.6 Å². The van der Waals surface area contributed by atoms with Crippen molar-refractivity contribution in [2.24, 2.45) is 4.99 Å². The lowest BCUT2D eigenvalue weighted by Crippen LogP contribution is -1.88. The number of pyridine rings is 2. The Labute approximate surface area is 105 Å². The number of rotatable bonds is 4. The lowest BCUT2D eigenvalue weighted by molar-refractivity contribution is 0.398. The lowest BCUT2D eigenvalue weighted by atomic mass is 10.3. The lowest BCUT2D eigenvalue weighted by Gasteiger charge is -1.99. The molecule has 2 heterocycles. The molecule has 0 N–H and O–H groups in total. The summed E-state index contributed by atoms with van der Waals surface area (Å²) in [7, 11) is 3.18. The van der Waals surface area contributed by atoms with E-state index in [1.807, 2.05) is 6.07 Å². The highest BCUT2D eigenvalue weighted by Gasteiger charge is 1.95. The molecule has 2 aromatic rings. The monoisotopic (exact) mass is 243 g/mol. The van der Waals surface area contributed by atoms with Crippen molar-refractivity contribution in [3.63, 3.8) is 0 Å². The van der Waals surface area contributed by atoms with Gasteiger partial charge >= 0.3 is 0 Å². The first-order valence-corrected chi connectivity index (χ1v) is 5.35. The Kier molecular flexibility index (Phi) is 3.86. The summed E-state index contributed by atoms with van der Waals surface area (Å²) >= 11 is 0. The second kappa shape index (κ2) is 5.77. The molecule has 0 bridgehead atoms. The molecule has 0 fully saturated rings. The van der Waals surface area contributed by atoms with Crippen molar-refractivity contribution in [1.29, 1.82) is 0 Å². The van der Waals surface area contributed by atoms with E-state index in [2.05, 4.69) is 15.0 Å². The van der Waals surface area contributed by atoms with Crippen LogP contribution in [0.3, 0.4) is 0 Å². The number of aliphatic imine (C=N–C) groups is 1. The fourth-order valence-corrected chi connectivity index (χ4v) is 1.33. The maximum atomic E-state index is 5.07. The van der Waals surface area contributed by atoms with E-state index < -0.39 is 0 Å². The average Bonchev–Trinajstić information content (AvgIpc) is 2.46. The molecule has 0 atom stereocenters. The Morgan fingerprint density at radius 3 is 2.67 bits per heavy atom. The van der Waals surface area contributed by atoms with Gasteiger partial charge in [0.25, 0.3) is 0 Å². The van der Waals surface area contributed by atoms with Crippen LogP contribution >= 0.6 is 0 Å². The van der Waals surface area contributed by atoms with Crippen LogP contribution in [0, 0.1) is 0 Å². The van der Waals surface area contributed by atoms with Gasteiger partial charge in [-0.2, -0.15) is 0 Å². The molecule has 18 heavy (non-hydrogen) atoms. The quantitative estimate of drug-likeness (QED) is 0.773. The van der Waals surface area contributed by atoms with Gasteiger partial charge in [0.1, 0.15) is 5.75 Å². The summed E-state index contributed by atoms with van der Waals surface area (Å²) < 4.78 is 10.1. The zero-order valence-corrected chi connectivity index (χ0v) is 10.2. The fourth-order valence-electron chi connectivity index (χ4n) is 1.33. The molecular formula is C13H13N3O2. The molecule has 0 saturated heterocycles. The van der Waals surface area contributed by atoms with Crippen molar-refractivity contribution >= 4 is 11.9 Å². The summed E-state index contributed by atoms with van der Waals surface area (Å²) in [6.45, 7) is 0. The fraction of sp³-hybridized carbons (Fsp3) is 0.154. The maximum Gasteiger partial charge on any atom is 0.212 e. The number of ether oxygens (including phenoxy) is 2. The topological polar surface area (TPSA) is 56.6 Å². The third-order valence-corrected chi connectivity index (χ3v) is 2.27. The van der Waals surface area contributed by atoms with E-state index in [9.17, 15) is 0 Å². The molecule has 5 nitrogen and oxygen atoms in total. The van der Waals surface area contributed by atoms with Gasteiger partial charge in [0.15, 0.2) is 0 Å². The van der Waals surface area contributed by atoms with Gasteiger partial charge in [-0.05, 0) is 6.07 Å². The van der Waals surface area contributed by atoms with Crippen LogP contribution in [0.25, 0.3) is 0 Å². The Hall–Kier alpha value is -2.43. The smallest absolute Gasteiger partial charge is 0.212 e. The van der Waals surface area contributed by atoms with Crippen LogP contribution in [-0.2, 0) is 0 Å². The molecule has 0 aliphatic rings. The second-order valence-corrected chi connectivity index (χ2v) is 3.48. The summed E-state index contributed by atoms with van der Waals surface area (Å²) in [5.74, 6) is 1.26. The first kappa shape index (κ1) is 12.0. The normalized spacial score (nSPS) is 10.6. The molecule has 92 valence electrons. The van der Waals surface area contributed by atoms with Crippen LogP contribution in [-0.4, -0.2) is 30.4 Å². The number of methoxy groups -OCH3 is 2. The van der Waals surface area contributed by atoms with Gasteiger partial charge in [-0.25, -0.2) is 4.98 Å². The summed E-state index contributed by atoms with van der Waals surface area (Å²) in [5.41, 5.74) is 1.61. The summed E-state index contributed by atoms with van der Waals surface area (Å²) in [6, 6.07) is 5.47. The Morgan fingerprint density at radius 1 is 1.11 bits per heavy atom. The van der Waals surface area contributed by atoms with Gasteiger partial charge in [-0.15, -0.1) is 0 Å². The number of hydrogen-bond acceptors (Lipinski definition) is 5. The minimum atomic E-state index is 0.579. The second-order valence-electron chi connectivity index (χ2n) is 3.48. The van der Waals surface area contributed by atoms with E-state index >= 15 is 0 Å². The average molecular weight is 243 g/mol. The molecule has 2 rings (SSSR count). The molecule has 0 amide bonds. The Balaban J connectivity index is 2.13. The maximum absolute atomic E-state index is 5.07. The van der Waals surface area contributed by atoms with Crippen molar-refractivity contribution < 1.29 is 9.47 Å². The first-order valence-electron chi connectivity index (χ1n) is 5.35. The van der Waals surface area contributed by atoms with E-state index in [0.717, 1.165) is 11.3 Å². The van der Waals surface area contributed by atoms with Crippen molar-refractivity contribution in [2.45, 2.75) is 0 Å². The molecule has 0 saturated carbocycles. The predicted octanol–water partition coefficient (Wildman–Crippen LogP) is 2.24. The van der Waals surface area contributed by atoms with Gasteiger partial charge < -0.3 is 9.47 Å². The van der Waals surface area contributed by atoms with Gasteiger partial charge in [0.2, 0.25) is 5.88 Å². The van der Waals surface area contributed by atoms with E-state index in [0.29, 0.717) is 11.6 Å². The molecule has 0 spiro atoms. The molecule has 5 heteroatoms. The standard InChI is InChI=1S/C13H13N3O2/c1-17-12-5-11(8-14-9-12)15-6-10-3-4-13(18-2)16-7-10/h3-9H,1-2H3/b15-6+. The molecule has 0 aliphatic carbocycles. The van der Waals surface area contributed by atoms with Gasteiger partial charge in [0.05, 0.1) is 32.3 Å². The van der Waals surface area contributed by atoms with Crippen LogP contribution in [0.4, 0.5) is 5.69 Å². The molecular weight excluding hydrogens is 230 g/mol. The van der Waals surface area contributed by atoms with Gasteiger partial charge in [-0.3, -0.25) is 9.98 Å². The van der Waals surface area contributed by atoms with E-state index in [1.165, 1.54) is 0 Å². The summed E-state index contributed by atoms with van der Waals surface area (Å²) in [6.07, 6.45) is 6.70. The predicted molar refractivity (Wildman–Crippen MR) is 68.8 cm³/mol. The molecule has 2 aromatic heterocycles. The van der Waals surface area contributed by atoms with Crippen molar-refractivity contribution in [3.8, 4) is 11.6 Å². The van der Waals surface area contributed by atoms with Crippen LogP contribution < -0.4 is 9.47 Å². The highest BCUT2D eigenvalue weighted by atomic mass is 16.5. The largest absolute Gasteiger partial charge is 0.495 e. The third-order valence-electron chi connectivity index (χ3n) is 2.27. The van der Waals surface area contributed by atoms with Crippen LogP contribution in [0.15, 0.2) is 41.8 Å². The Morgan fingerprint density at radius 2 is 2.00 bits per heavy atom. The first-order chi connectivity index (χ1) is 8.81. The van der Waals surface area contributed by atoms with Gasteiger partial charge in [0, 0.05) is 30.1 Å². The van der Waals surface area contributed by atoms with Crippen LogP contribution in [0.2, 0.25) is 0 Å². The van der Waals surface area contributed by atoms with Crippen molar-refractivity contribution in [3.05, 3.63) is 42.4 Å². The van der Waals surface area contributed by atoms with Crippen LogP contribution in [0.1, 0.15) is 5.56 Å². The molecule has 0 unspecified atom stereocenters. The third kappa shape index (κ3) is 3.04.